The van der Waals surface area contributed by atoms with Crippen molar-refractivity contribution in [2.45, 2.75) is 6.04 Å². The van der Waals surface area contributed by atoms with Crippen molar-refractivity contribution in [3.63, 3.8) is 0 Å². The van der Waals surface area contributed by atoms with E-state index in [1.54, 1.807) is 25.5 Å². The van der Waals surface area contributed by atoms with Crippen LogP contribution in [0.4, 0.5) is 0 Å². The number of phenolic OH excluding ortho intramolecular Hbond substituents is 1. The van der Waals surface area contributed by atoms with Gasteiger partial charge in [-0.15, -0.1) is 0 Å². The van der Waals surface area contributed by atoms with Gasteiger partial charge in [0.15, 0.2) is 11.5 Å². The lowest BCUT2D eigenvalue weighted by molar-refractivity contribution is 0.295. The molecule has 5 heteroatoms. The predicted octanol–water partition coefficient (Wildman–Crippen LogP) is 3.13. The SMILES string of the molecule is COc1ccccc1[C@H](CN=Cc1cccc(OC)c1O)N(C)C. The summed E-state index contributed by atoms with van der Waals surface area (Å²) in [4.78, 5) is 6.61. The van der Waals surface area contributed by atoms with Crippen molar-refractivity contribution >= 4 is 6.21 Å². The Kier molecular flexibility index (Phi) is 6.21. The molecule has 0 bridgehead atoms. The van der Waals surface area contributed by atoms with Crippen LogP contribution in [-0.2, 0) is 0 Å². The number of methoxy groups -OCH3 is 2. The third kappa shape index (κ3) is 4.06. The van der Waals surface area contributed by atoms with Gasteiger partial charge in [-0.1, -0.05) is 24.3 Å². The van der Waals surface area contributed by atoms with E-state index in [9.17, 15) is 5.11 Å². The molecule has 0 saturated heterocycles. The topological polar surface area (TPSA) is 54.3 Å². The number of likely N-dealkylation sites (N-methyl/N-ethyl adjacent to an activating group) is 1. The maximum absolute atomic E-state index is 10.1. The molecule has 1 atom stereocenters. The van der Waals surface area contributed by atoms with Crippen molar-refractivity contribution < 1.29 is 14.6 Å². The molecule has 0 aliphatic heterocycles. The summed E-state index contributed by atoms with van der Waals surface area (Å²) in [6.07, 6.45) is 1.67. The lowest BCUT2D eigenvalue weighted by atomic mass is 10.0. The van der Waals surface area contributed by atoms with Crippen molar-refractivity contribution in [2.75, 3.05) is 34.9 Å². The van der Waals surface area contributed by atoms with Gasteiger partial charge in [-0.3, -0.25) is 4.99 Å². The Hall–Kier alpha value is -2.53. The van der Waals surface area contributed by atoms with Crippen LogP contribution in [0.2, 0.25) is 0 Å². The van der Waals surface area contributed by atoms with E-state index in [4.69, 9.17) is 9.47 Å². The van der Waals surface area contributed by atoms with Crippen LogP contribution in [0.5, 0.6) is 17.2 Å². The van der Waals surface area contributed by atoms with E-state index < -0.39 is 0 Å². The highest BCUT2D eigenvalue weighted by Crippen LogP contribution is 2.29. The molecule has 0 aromatic heterocycles. The number of hydrogen-bond acceptors (Lipinski definition) is 5. The van der Waals surface area contributed by atoms with E-state index in [2.05, 4.69) is 9.89 Å². The van der Waals surface area contributed by atoms with E-state index in [0.29, 0.717) is 17.9 Å². The Morgan fingerprint density at radius 1 is 1.04 bits per heavy atom. The molecule has 0 amide bonds. The number of aliphatic imine (C=N–C) groups is 1. The number of nitrogens with zero attached hydrogens (tertiary/aromatic N) is 2. The van der Waals surface area contributed by atoms with Crippen LogP contribution in [0.15, 0.2) is 47.5 Å². The molecule has 0 saturated carbocycles. The van der Waals surface area contributed by atoms with Gasteiger partial charge in [0.2, 0.25) is 0 Å². The maximum atomic E-state index is 10.1. The smallest absolute Gasteiger partial charge is 0.166 e. The maximum Gasteiger partial charge on any atom is 0.166 e. The largest absolute Gasteiger partial charge is 0.504 e. The minimum atomic E-state index is 0.0742. The van der Waals surface area contributed by atoms with Crippen LogP contribution >= 0.6 is 0 Å². The Morgan fingerprint density at radius 2 is 1.71 bits per heavy atom. The highest BCUT2D eigenvalue weighted by atomic mass is 16.5. The molecule has 2 rings (SSSR count). The molecule has 0 radical (unpaired) electrons. The zero-order valence-electron chi connectivity index (χ0n) is 14.6. The van der Waals surface area contributed by atoms with Gasteiger partial charge in [-0.05, 0) is 32.3 Å². The van der Waals surface area contributed by atoms with Gasteiger partial charge in [0.25, 0.3) is 0 Å². The van der Waals surface area contributed by atoms with Crippen LogP contribution in [0, 0.1) is 0 Å². The summed E-state index contributed by atoms with van der Waals surface area (Å²) in [6, 6.07) is 13.3. The average molecular weight is 328 g/mol. The minimum absolute atomic E-state index is 0.0742. The van der Waals surface area contributed by atoms with Gasteiger partial charge in [0, 0.05) is 17.3 Å². The van der Waals surface area contributed by atoms with Crippen LogP contribution < -0.4 is 9.47 Å². The summed E-state index contributed by atoms with van der Waals surface area (Å²) in [5.74, 6) is 1.38. The Morgan fingerprint density at radius 3 is 2.38 bits per heavy atom. The first-order chi connectivity index (χ1) is 11.6. The quantitative estimate of drug-likeness (QED) is 0.794. The second kappa shape index (κ2) is 8.36. The van der Waals surface area contributed by atoms with Gasteiger partial charge in [-0.2, -0.15) is 0 Å². The number of ether oxygens (including phenoxy) is 2. The number of aromatic hydroxyl groups is 1. The molecule has 5 nitrogen and oxygen atoms in total. The Labute approximate surface area is 143 Å². The van der Waals surface area contributed by atoms with Gasteiger partial charge < -0.3 is 19.5 Å². The fourth-order valence-corrected chi connectivity index (χ4v) is 2.54. The van der Waals surface area contributed by atoms with Gasteiger partial charge in [0.1, 0.15) is 5.75 Å². The fourth-order valence-electron chi connectivity index (χ4n) is 2.54. The Bertz CT molecular complexity index is 699. The van der Waals surface area contributed by atoms with Crippen molar-refractivity contribution in [1.29, 1.82) is 0 Å². The first kappa shape index (κ1) is 17.8. The van der Waals surface area contributed by atoms with E-state index in [-0.39, 0.29) is 11.8 Å². The normalized spacial score (nSPS) is 12.5. The van der Waals surface area contributed by atoms with E-state index >= 15 is 0 Å². The second-order valence-electron chi connectivity index (χ2n) is 5.61. The molecule has 128 valence electrons. The highest BCUT2D eigenvalue weighted by molar-refractivity contribution is 5.84. The monoisotopic (exact) mass is 328 g/mol. The molecule has 0 unspecified atom stereocenters. The summed E-state index contributed by atoms with van der Waals surface area (Å²) in [7, 11) is 7.22. The minimum Gasteiger partial charge on any atom is -0.504 e. The zero-order chi connectivity index (χ0) is 17.5. The summed E-state index contributed by atoms with van der Waals surface area (Å²) in [5, 5.41) is 10.1. The molecule has 0 fully saturated rings. The molecule has 24 heavy (non-hydrogen) atoms. The molecular formula is C19H24N2O3. The molecule has 0 aliphatic rings. The second-order valence-corrected chi connectivity index (χ2v) is 5.61. The number of hydrogen-bond donors (Lipinski definition) is 1. The Balaban J connectivity index is 2.21. The van der Waals surface area contributed by atoms with Gasteiger partial charge in [-0.25, -0.2) is 0 Å². The first-order valence-electron chi connectivity index (χ1n) is 7.73. The summed E-state index contributed by atoms with van der Waals surface area (Å²) >= 11 is 0. The number of benzene rings is 2. The van der Waals surface area contributed by atoms with Crippen LogP contribution in [-0.4, -0.2) is 51.1 Å². The molecule has 0 aliphatic carbocycles. The number of phenols is 1. The number of para-hydroxylation sites is 2. The van der Waals surface area contributed by atoms with Crippen molar-refractivity contribution in [3.05, 3.63) is 53.6 Å². The van der Waals surface area contributed by atoms with E-state index in [0.717, 1.165) is 11.3 Å². The molecule has 0 heterocycles. The fraction of sp³-hybridized carbons (Fsp3) is 0.316. The third-order valence-corrected chi connectivity index (χ3v) is 3.88. The number of rotatable bonds is 7. The molecule has 1 N–H and O–H groups in total. The first-order valence-corrected chi connectivity index (χ1v) is 7.73. The predicted molar refractivity (Wildman–Crippen MR) is 96.5 cm³/mol. The van der Waals surface area contributed by atoms with Crippen LogP contribution in [0.25, 0.3) is 0 Å². The lowest BCUT2D eigenvalue weighted by Crippen LogP contribution is -2.23. The van der Waals surface area contributed by atoms with Crippen molar-refractivity contribution in [1.82, 2.24) is 4.90 Å². The highest BCUT2D eigenvalue weighted by Gasteiger charge is 2.17. The van der Waals surface area contributed by atoms with Crippen LogP contribution in [0.1, 0.15) is 17.2 Å². The average Bonchev–Trinajstić information content (AvgIpc) is 2.59. The molecular weight excluding hydrogens is 304 g/mol. The molecule has 0 spiro atoms. The molecule has 2 aromatic carbocycles. The van der Waals surface area contributed by atoms with Crippen molar-refractivity contribution in [2.24, 2.45) is 4.99 Å². The third-order valence-electron chi connectivity index (χ3n) is 3.88. The van der Waals surface area contributed by atoms with E-state index in [1.807, 2.05) is 44.4 Å². The molecule has 2 aromatic rings. The van der Waals surface area contributed by atoms with Gasteiger partial charge in [0.05, 0.1) is 26.8 Å². The van der Waals surface area contributed by atoms with Gasteiger partial charge >= 0.3 is 0 Å². The van der Waals surface area contributed by atoms with E-state index in [1.165, 1.54) is 7.11 Å². The summed E-state index contributed by atoms with van der Waals surface area (Å²) in [6.45, 7) is 0.546. The van der Waals surface area contributed by atoms with Crippen LogP contribution in [0.3, 0.4) is 0 Å². The summed E-state index contributed by atoms with van der Waals surface area (Å²) in [5.41, 5.74) is 1.71. The summed E-state index contributed by atoms with van der Waals surface area (Å²) < 4.78 is 10.6. The standard InChI is InChI=1S/C19H24N2O3/c1-21(2)16(15-9-5-6-10-17(15)23-3)13-20-12-14-8-7-11-18(24-4)19(14)22/h5-12,16,22H,13H2,1-4H3/t16-/m0/s1. The van der Waals surface area contributed by atoms with Crippen molar-refractivity contribution in [3.8, 4) is 17.2 Å². The zero-order valence-corrected chi connectivity index (χ0v) is 14.6. The lowest BCUT2D eigenvalue weighted by Gasteiger charge is -2.24.